The van der Waals surface area contributed by atoms with Crippen molar-refractivity contribution in [2.75, 3.05) is 13.7 Å². The number of ether oxygens (including phenoxy) is 3. The van der Waals surface area contributed by atoms with Crippen LogP contribution in [0.3, 0.4) is 0 Å². The first-order chi connectivity index (χ1) is 12.1. The molecule has 0 fully saturated rings. The van der Waals surface area contributed by atoms with Gasteiger partial charge in [0.05, 0.1) is 18.6 Å². The fourth-order valence-electron chi connectivity index (χ4n) is 2.64. The van der Waals surface area contributed by atoms with Gasteiger partial charge in [-0.2, -0.15) is 0 Å². The lowest BCUT2D eigenvalue weighted by Gasteiger charge is -2.24. The average Bonchev–Trinajstić information content (AvgIpc) is 2.65. The molecule has 2 aromatic carbocycles. The zero-order valence-corrected chi connectivity index (χ0v) is 14.4. The number of carbonyl (C=O) groups excluding carboxylic acids is 2. The van der Waals surface area contributed by atoms with E-state index in [0.717, 1.165) is 16.9 Å². The van der Waals surface area contributed by atoms with Crippen LogP contribution in [0.5, 0.6) is 5.75 Å². The Hall–Kier alpha value is -2.53. The molecule has 1 heterocycles. The van der Waals surface area contributed by atoms with Crippen LogP contribution >= 0.6 is 11.6 Å². The van der Waals surface area contributed by atoms with Crippen molar-refractivity contribution in [3.8, 4) is 5.75 Å². The van der Waals surface area contributed by atoms with Gasteiger partial charge in [0.15, 0.2) is 0 Å². The molecule has 25 heavy (non-hydrogen) atoms. The molecule has 1 aliphatic heterocycles. The van der Waals surface area contributed by atoms with Crippen molar-refractivity contribution in [3.05, 3.63) is 64.2 Å². The highest BCUT2D eigenvalue weighted by molar-refractivity contribution is 6.30. The third kappa shape index (κ3) is 4.12. The van der Waals surface area contributed by atoms with Crippen LogP contribution in [0.4, 0.5) is 0 Å². The lowest BCUT2D eigenvalue weighted by atomic mass is 9.97. The maximum atomic E-state index is 12.3. The van der Waals surface area contributed by atoms with E-state index in [4.69, 9.17) is 21.1 Å². The zero-order chi connectivity index (χ0) is 17.8. The number of fused-ring (bicyclic) bond motifs is 1. The summed E-state index contributed by atoms with van der Waals surface area (Å²) < 4.78 is 15.6. The number of methoxy groups -OCH3 is 1. The fraction of sp³-hybridized carbons (Fsp3) is 0.263. The van der Waals surface area contributed by atoms with Crippen LogP contribution in [-0.2, 0) is 27.3 Å². The van der Waals surface area contributed by atoms with Gasteiger partial charge in [-0.3, -0.25) is 4.79 Å². The molecule has 6 heteroatoms. The van der Waals surface area contributed by atoms with Crippen molar-refractivity contribution in [1.29, 1.82) is 0 Å². The van der Waals surface area contributed by atoms with Crippen molar-refractivity contribution in [2.45, 2.75) is 13.0 Å². The van der Waals surface area contributed by atoms with E-state index < -0.39 is 5.97 Å². The number of benzene rings is 2. The third-order valence-corrected chi connectivity index (χ3v) is 4.25. The van der Waals surface area contributed by atoms with Gasteiger partial charge in [-0.1, -0.05) is 23.7 Å². The molecule has 130 valence electrons. The Bertz CT molecular complexity index is 785. The summed E-state index contributed by atoms with van der Waals surface area (Å²) in [6, 6.07) is 12.1. The Morgan fingerprint density at radius 2 is 1.96 bits per heavy atom. The van der Waals surface area contributed by atoms with Gasteiger partial charge in [0.1, 0.15) is 19.0 Å². The van der Waals surface area contributed by atoms with Crippen LogP contribution in [0, 0.1) is 5.92 Å². The standard InChI is InChI=1S/C19H17ClO5/c1-23-18(21)13-4-2-12(3-5-13)10-25-19(22)15-8-14-9-16(20)6-7-17(14)24-11-15/h2-7,9,15H,8,10-11H2,1H3/t15-/m1/s1. The Kier molecular flexibility index (Phi) is 5.24. The van der Waals surface area contributed by atoms with Gasteiger partial charge in [-0.15, -0.1) is 0 Å². The molecule has 0 radical (unpaired) electrons. The predicted octanol–water partition coefficient (Wildman–Crippen LogP) is 3.42. The normalized spacial score (nSPS) is 15.7. The van der Waals surface area contributed by atoms with E-state index in [9.17, 15) is 9.59 Å². The average molecular weight is 361 g/mol. The van der Waals surface area contributed by atoms with Crippen molar-refractivity contribution in [1.82, 2.24) is 0 Å². The van der Waals surface area contributed by atoms with Crippen molar-refractivity contribution < 1.29 is 23.8 Å². The van der Waals surface area contributed by atoms with Gasteiger partial charge in [0, 0.05) is 5.02 Å². The zero-order valence-electron chi connectivity index (χ0n) is 13.7. The molecule has 1 aliphatic rings. The summed E-state index contributed by atoms with van der Waals surface area (Å²) in [6.07, 6.45) is 0.538. The van der Waals surface area contributed by atoms with Crippen molar-refractivity contribution in [2.24, 2.45) is 5.92 Å². The number of hydrogen-bond acceptors (Lipinski definition) is 5. The molecule has 5 nitrogen and oxygen atoms in total. The van der Waals surface area contributed by atoms with Crippen molar-refractivity contribution in [3.63, 3.8) is 0 Å². The monoisotopic (exact) mass is 360 g/mol. The Morgan fingerprint density at radius 1 is 1.20 bits per heavy atom. The number of hydrogen-bond donors (Lipinski definition) is 0. The summed E-state index contributed by atoms with van der Waals surface area (Å²) in [7, 11) is 1.33. The van der Waals surface area contributed by atoms with Gasteiger partial charge in [0.2, 0.25) is 0 Å². The molecule has 0 saturated heterocycles. The van der Waals surface area contributed by atoms with E-state index in [-0.39, 0.29) is 25.1 Å². The van der Waals surface area contributed by atoms with E-state index in [1.165, 1.54) is 7.11 Å². The second kappa shape index (κ2) is 7.57. The molecule has 0 bridgehead atoms. The maximum Gasteiger partial charge on any atom is 0.337 e. The largest absolute Gasteiger partial charge is 0.492 e. The minimum Gasteiger partial charge on any atom is -0.492 e. The van der Waals surface area contributed by atoms with E-state index in [1.807, 2.05) is 12.1 Å². The third-order valence-electron chi connectivity index (χ3n) is 4.02. The first-order valence-electron chi connectivity index (χ1n) is 7.82. The number of halogens is 1. The summed E-state index contributed by atoms with van der Waals surface area (Å²) in [5, 5.41) is 0.613. The molecule has 0 aromatic heterocycles. The molecule has 0 aliphatic carbocycles. The molecule has 0 spiro atoms. The Balaban J connectivity index is 1.57. The lowest BCUT2D eigenvalue weighted by molar-refractivity contribution is -0.151. The minimum atomic E-state index is -0.403. The van der Waals surface area contributed by atoms with Crippen LogP contribution in [0.15, 0.2) is 42.5 Å². The molecule has 0 unspecified atom stereocenters. The fourth-order valence-corrected chi connectivity index (χ4v) is 2.84. The van der Waals surface area contributed by atoms with Crippen LogP contribution in [0.2, 0.25) is 5.02 Å². The summed E-state index contributed by atoms with van der Waals surface area (Å²) in [4.78, 5) is 23.7. The lowest BCUT2D eigenvalue weighted by Crippen LogP contribution is -2.29. The van der Waals surface area contributed by atoms with Crippen LogP contribution in [-0.4, -0.2) is 25.7 Å². The molecule has 2 aromatic rings. The highest BCUT2D eigenvalue weighted by atomic mass is 35.5. The van der Waals surface area contributed by atoms with Crippen LogP contribution in [0.25, 0.3) is 0 Å². The Morgan fingerprint density at radius 3 is 2.68 bits per heavy atom. The van der Waals surface area contributed by atoms with E-state index >= 15 is 0 Å². The highest BCUT2D eigenvalue weighted by Gasteiger charge is 2.27. The first-order valence-corrected chi connectivity index (χ1v) is 8.19. The summed E-state index contributed by atoms with van der Waals surface area (Å²) >= 11 is 5.99. The van der Waals surface area contributed by atoms with Gasteiger partial charge in [0.25, 0.3) is 0 Å². The Labute approximate surface area is 150 Å². The van der Waals surface area contributed by atoms with Crippen LogP contribution in [0.1, 0.15) is 21.5 Å². The molecule has 1 atom stereocenters. The molecule has 0 amide bonds. The van der Waals surface area contributed by atoms with E-state index in [0.29, 0.717) is 17.0 Å². The van der Waals surface area contributed by atoms with E-state index in [1.54, 1.807) is 30.3 Å². The smallest absolute Gasteiger partial charge is 0.337 e. The molecule has 3 rings (SSSR count). The van der Waals surface area contributed by atoms with Gasteiger partial charge in [-0.25, -0.2) is 4.79 Å². The molecular weight excluding hydrogens is 344 g/mol. The van der Waals surface area contributed by atoms with E-state index in [2.05, 4.69) is 4.74 Å². The molecular formula is C19H17ClO5. The maximum absolute atomic E-state index is 12.3. The minimum absolute atomic E-state index is 0.138. The van der Waals surface area contributed by atoms with Gasteiger partial charge in [-0.05, 0) is 47.9 Å². The highest BCUT2D eigenvalue weighted by Crippen LogP contribution is 2.30. The van der Waals surface area contributed by atoms with Gasteiger partial charge < -0.3 is 14.2 Å². The molecule has 0 saturated carbocycles. The SMILES string of the molecule is COC(=O)c1ccc(COC(=O)[C@H]2COc3ccc(Cl)cc3C2)cc1. The second-order valence-corrected chi connectivity index (χ2v) is 6.20. The van der Waals surface area contributed by atoms with Crippen molar-refractivity contribution >= 4 is 23.5 Å². The summed E-state index contributed by atoms with van der Waals surface area (Å²) in [5.74, 6) is -0.324. The predicted molar refractivity (Wildman–Crippen MR) is 91.7 cm³/mol. The summed E-state index contributed by atoms with van der Waals surface area (Å²) in [5.41, 5.74) is 2.15. The number of rotatable bonds is 4. The number of carbonyl (C=O) groups is 2. The summed E-state index contributed by atoms with van der Waals surface area (Å²) in [6.45, 7) is 0.425. The molecule has 0 N–H and O–H groups in total. The van der Waals surface area contributed by atoms with Crippen LogP contribution < -0.4 is 4.74 Å². The first kappa shape index (κ1) is 17.3. The topological polar surface area (TPSA) is 61.8 Å². The number of esters is 2. The quantitative estimate of drug-likeness (QED) is 0.782. The second-order valence-electron chi connectivity index (χ2n) is 5.76. The van der Waals surface area contributed by atoms with Gasteiger partial charge >= 0.3 is 11.9 Å².